The summed E-state index contributed by atoms with van der Waals surface area (Å²) in [4.78, 5) is 27.1. The number of unbranched alkanes of at least 4 members (excludes halogenated alkanes) is 1. The summed E-state index contributed by atoms with van der Waals surface area (Å²) in [5.41, 5.74) is 2.13. The summed E-state index contributed by atoms with van der Waals surface area (Å²) in [6.45, 7) is 2.17. The Balaban J connectivity index is 1.32. The zero-order chi connectivity index (χ0) is 27.2. The van der Waals surface area contributed by atoms with Gasteiger partial charge in [-0.3, -0.25) is 14.9 Å². The van der Waals surface area contributed by atoms with E-state index in [1.807, 2.05) is 42.5 Å². The molecule has 0 spiro atoms. The summed E-state index contributed by atoms with van der Waals surface area (Å²) in [6.07, 6.45) is 17.1. The summed E-state index contributed by atoms with van der Waals surface area (Å²) in [7, 11) is 1.66. The van der Waals surface area contributed by atoms with E-state index in [-0.39, 0.29) is 23.3 Å². The number of carbonyl (C=O) groups is 2. The smallest absolute Gasteiger partial charge is 0.251 e. The van der Waals surface area contributed by atoms with Crippen molar-refractivity contribution in [3.8, 4) is 18.1 Å². The molecule has 4 saturated carbocycles. The van der Waals surface area contributed by atoms with E-state index in [9.17, 15) is 9.59 Å². The van der Waals surface area contributed by atoms with Crippen LogP contribution in [0.2, 0.25) is 0 Å². The molecular weight excluding hydrogens is 484 g/mol. The first-order chi connectivity index (χ1) is 18.9. The SMILES string of the molecule is C#CC(=O)[C@@]1(c2ccc(C(=O)NC34CC5CC(CC(C5)C3)C4)cc2)N[C@@H](CCCC)Cc2cc(OC)ccc21. The van der Waals surface area contributed by atoms with Gasteiger partial charge in [0.15, 0.2) is 0 Å². The molecule has 2 N–H and O–H groups in total. The number of fused-ring (bicyclic) bond motifs is 1. The number of benzene rings is 2. The molecule has 0 aromatic heterocycles. The van der Waals surface area contributed by atoms with Crippen molar-refractivity contribution in [2.75, 3.05) is 7.11 Å². The van der Waals surface area contributed by atoms with Crippen molar-refractivity contribution >= 4 is 11.7 Å². The lowest BCUT2D eigenvalue weighted by atomic mass is 9.53. The van der Waals surface area contributed by atoms with Gasteiger partial charge in [-0.15, -0.1) is 6.42 Å². The quantitative estimate of drug-likeness (QED) is 0.351. The minimum atomic E-state index is -1.16. The lowest BCUT2D eigenvalue weighted by molar-refractivity contribution is -0.119. The Bertz CT molecular complexity index is 1270. The highest BCUT2D eigenvalue weighted by Gasteiger charge is 2.52. The van der Waals surface area contributed by atoms with Gasteiger partial charge in [0.05, 0.1) is 7.11 Å². The molecule has 2 atom stereocenters. The van der Waals surface area contributed by atoms with Crippen molar-refractivity contribution in [2.45, 2.75) is 88.3 Å². The third kappa shape index (κ3) is 4.57. The van der Waals surface area contributed by atoms with Crippen molar-refractivity contribution in [3.63, 3.8) is 0 Å². The molecule has 5 aliphatic rings. The van der Waals surface area contributed by atoms with Crippen LogP contribution in [0.4, 0.5) is 0 Å². The molecule has 39 heavy (non-hydrogen) atoms. The Morgan fingerprint density at radius 2 is 1.72 bits per heavy atom. The number of amides is 1. The van der Waals surface area contributed by atoms with Crippen LogP contribution in [0.5, 0.6) is 5.75 Å². The number of Topliss-reactive ketones (excluding diaryl/α,β-unsaturated/α-hetero) is 1. The van der Waals surface area contributed by atoms with Crippen molar-refractivity contribution in [1.82, 2.24) is 10.6 Å². The van der Waals surface area contributed by atoms with Crippen molar-refractivity contribution in [2.24, 2.45) is 17.8 Å². The first-order valence-electron chi connectivity index (χ1n) is 14.8. The largest absolute Gasteiger partial charge is 0.497 e. The summed E-state index contributed by atoms with van der Waals surface area (Å²) in [5, 5.41) is 7.15. The number of rotatable bonds is 8. The van der Waals surface area contributed by atoms with Gasteiger partial charge in [-0.05, 0) is 116 Å². The van der Waals surface area contributed by atoms with Gasteiger partial charge in [-0.1, -0.05) is 38.0 Å². The van der Waals surface area contributed by atoms with Gasteiger partial charge < -0.3 is 10.1 Å². The third-order valence-electron chi connectivity index (χ3n) is 9.98. The van der Waals surface area contributed by atoms with Crippen LogP contribution in [-0.2, 0) is 16.8 Å². The summed E-state index contributed by atoms with van der Waals surface area (Å²) in [5.74, 6) is 5.18. The number of nitrogens with one attached hydrogen (secondary N) is 2. The highest BCUT2D eigenvalue weighted by molar-refractivity contribution is 6.06. The fourth-order valence-electron chi connectivity index (χ4n) is 8.67. The number of ether oxygens (including phenoxy) is 1. The highest BCUT2D eigenvalue weighted by atomic mass is 16.5. The number of carbonyl (C=O) groups excluding carboxylic acids is 2. The molecule has 2 aromatic rings. The van der Waals surface area contributed by atoms with E-state index in [0.717, 1.165) is 85.1 Å². The second-order valence-electron chi connectivity index (χ2n) is 12.7. The number of ketones is 1. The minimum absolute atomic E-state index is 0.0108. The Morgan fingerprint density at radius 1 is 1.05 bits per heavy atom. The number of hydrogen-bond donors (Lipinski definition) is 2. The Morgan fingerprint density at radius 3 is 2.31 bits per heavy atom. The van der Waals surface area contributed by atoms with Gasteiger partial charge in [0.25, 0.3) is 5.91 Å². The van der Waals surface area contributed by atoms with Gasteiger partial charge in [-0.2, -0.15) is 0 Å². The average molecular weight is 525 g/mol. The van der Waals surface area contributed by atoms with E-state index in [2.05, 4.69) is 23.5 Å². The van der Waals surface area contributed by atoms with E-state index in [0.29, 0.717) is 5.56 Å². The molecule has 0 saturated heterocycles. The van der Waals surface area contributed by atoms with Crippen LogP contribution in [0.25, 0.3) is 0 Å². The molecular formula is C34H40N2O3. The van der Waals surface area contributed by atoms with Crippen LogP contribution in [0.3, 0.4) is 0 Å². The molecule has 4 fully saturated rings. The fraction of sp³-hybridized carbons (Fsp3) is 0.529. The van der Waals surface area contributed by atoms with E-state index in [1.165, 1.54) is 19.3 Å². The van der Waals surface area contributed by atoms with E-state index >= 15 is 0 Å². The zero-order valence-corrected chi connectivity index (χ0v) is 23.2. The third-order valence-corrected chi connectivity index (χ3v) is 9.98. The minimum Gasteiger partial charge on any atom is -0.497 e. The summed E-state index contributed by atoms with van der Waals surface area (Å²) in [6, 6.07) is 13.5. The predicted octanol–water partition coefficient (Wildman–Crippen LogP) is 5.54. The van der Waals surface area contributed by atoms with Gasteiger partial charge in [0.1, 0.15) is 11.3 Å². The van der Waals surface area contributed by atoms with Crippen LogP contribution in [0.1, 0.15) is 91.8 Å². The molecule has 4 aliphatic carbocycles. The summed E-state index contributed by atoms with van der Waals surface area (Å²) >= 11 is 0. The monoisotopic (exact) mass is 524 g/mol. The molecule has 2 aromatic carbocycles. The van der Waals surface area contributed by atoms with Crippen LogP contribution in [-0.4, -0.2) is 30.4 Å². The maximum Gasteiger partial charge on any atom is 0.251 e. The molecule has 7 rings (SSSR count). The van der Waals surface area contributed by atoms with E-state index in [4.69, 9.17) is 11.2 Å². The normalized spacial score (nSPS) is 32.2. The topological polar surface area (TPSA) is 67.4 Å². The van der Waals surface area contributed by atoms with Crippen molar-refractivity contribution < 1.29 is 14.3 Å². The number of hydrogen-bond acceptors (Lipinski definition) is 4. The van der Waals surface area contributed by atoms with Gasteiger partial charge in [0, 0.05) is 17.1 Å². The van der Waals surface area contributed by atoms with E-state index in [1.54, 1.807) is 7.11 Å². The van der Waals surface area contributed by atoms with Crippen LogP contribution in [0.15, 0.2) is 42.5 Å². The van der Waals surface area contributed by atoms with Crippen molar-refractivity contribution in [3.05, 3.63) is 64.7 Å². The molecule has 1 aliphatic heterocycles. The maximum absolute atomic E-state index is 13.7. The molecule has 1 amide bonds. The summed E-state index contributed by atoms with van der Waals surface area (Å²) < 4.78 is 5.51. The predicted molar refractivity (Wildman–Crippen MR) is 153 cm³/mol. The lowest BCUT2D eigenvalue weighted by Crippen LogP contribution is -2.59. The zero-order valence-electron chi connectivity index (χ0n) is 23.2. The Labute approximate surface area is 232 Å². The number of terminal acetylenes is 1. The van der Waals surface area contributed by atoms with E-state index < -0.39 is 5.54 Å². The first kappa shape index (κ1) is 26.1. The van der Waals surface area contributed by atoms with Gasteiger partial charge in [-0.25, -0.2) is 0 Å². The number of methoxy groups -OCH3 is 1. The molecule has 0 radical (unpaired) electrons. The standard InChI is InChI=1S/C34H40N2O3/c1-4-6-7-28-17-26-18-29(39-3)12-13-30(26)34(35-28,31(37)5-2)27-10-8-25(9-11-27)32(38)36-33-19-22-14-23(20-33)16-24(15-22)21-33/h2,8-13,18,22-24,28,35H,4,6-7,14-17,19-21H2,1,3H3,(H,36,38)/t22?,23?,24?,28-,33?,34-/m0/s1. The van der Waals surface area contributed by atoms with Gasteiger partial charge in [0.2, 0.25) is 5.78 Å². The van der Waals surface area contributed by atoms with Crippen LogP contribution >= 0.6 is 0 Å². The molecule has 5 nitrogen and oxygen atoms in total. The van der Waals surface area contributed by atoms with Gasteiger partial charge >= 0.3 is 0 Å². The molecule has 0 unspecified atom stereocenters. The second kappa shape index (κ2) is 10.1. The van der Waals surface area contributed by atoms with Crippen LogP contribution < -0.4 is 15.4 Å². The maximum atomic E-state index is 13.7. The molecule has 204 valence electrons. The highest BCUT2D eigenvalue weighted by Crippen LogP contribution is 2.55. The first-order valence-corrected chi connectivity index (χ1v) is 14.8. The molecule has 1 heterocycles. The van der Waals surface area contributed by atoms with Crippen LogP contribution in [0, 0.1) is 30.1 Å². The second-order valence-corrected chi connectivity index (χ2v) is 12.7. The Kier molecular flexibility index (Phi) is 6.79. The molecule has 4 bridgehead atoms. The van der Waals surface area contributed by atoms with Crippen molar-refractivity contribution in [1.29, 1.82) is 0 Å². The fourth-order valence-corrected chi connectivity index (χ4v) is 8.67. The Hall–Kier alpha value is -3.10. The molecule has 5 heteroatoms. The lowest BCUT2D eigenvalue weighted by Gasteiger charge is -2.56. The average Bonchev–Trinajstić information content (AvgIpc) is 2.93.